The summed E-state index contributed by atoms with van der Waals surface area (Å²) in [4.78, 5) is 14.7. The molecule has 25 heavy (non-hydrogen) atoms. The highest BCUT2D eigenvalue weighted by Gasteiger charge is 2.32. The second kappa shape index (κ2) is 6.98. The Morgan fingerprint density at radius 3 is 2.60 bits per heavy atom. The van der Waals surface area contributed by atoms with Crippen molar-refractivity contribution in [3.05, 3.63) is 58.7 Å². The third-order valence-corrected chi connectivity index (χ3v) is 4.74. The van der Waals surface area contributed by atoms with E-state index < -0.39 is 0 Å². The summed E-state index contributed by atoms with van der Waals surface area (Å²) >= 11 is 0. The average Bonchev–Trinajstić information content (AvgIpc) is 2.59. The Morgan fingerprint density at radius 1 is 1.24 bits per heavy atom. The topological polar surface area (TPSA) is 53.3 Å². The number of nitriles is 1. The van der Waals surface area contributed by atoms with Crippen molar-refractivity contribution >= 4 is 11.6 Å². The summed E-state index contributed by atoms with van der Waals surface area (Å²) in [5, 5.41) is 9.13. The van der Waals surface area contributed by atoms with Gasteiger partial charge in [-0.3, -0.25) is 4.79 Å². The highest BCUT2D eigenvalue weighted by molar-refractivity contribution is 5.98. The van der Waals surface area contributed by atoms with E-state index in [1.54, 1.807) is 7.11 Å². The molecule has 0 saturated carbocycles. The molecule has 0 spiro atoms. The van der Waals surface area contributed by atoms with Gasteiger partial charge in [-0.1, -0.05) is 29.8 Å². The molecule has 0 fully saturated rings. The molecular formula is C21H22N2O2. The van der Waals surface area contributed by atoms with Crippen molar-refractivity contribution in [2.24, 2.45) is 0 Å². The summed E-state index contributed by atoms with van der Waals surface area (Å²) in [6, 6.07) is 14.2. The molecule has 1 amide bonds. The van der Waals surface area contributed by atoms with E-state index in [0.717, 1.165) is 33.7 Å². The Labute approximate surface area is 148 Å². The third-order valence-electron chi connectivity index (χ3n) is 4.74. The number of hydrogen-bond donors (Lipinski definition) is 0. The number of carbonyl (C=O) groups excluding carboxylic acids is 1. The molecular weight excluding hydrogens is 312 g/mol. The number of aryl methyl sites for hydroxylation is 2. The van der Waals surface area contributed by atoms with Gasteiger partial charge in [-0.2, -0.15) is 5.26 Å². The summed E-state index contributed by atoms with van der Waals surface area (Å²) in [5.74, 6) is 0.865. The Morgan fingerprint density at radius 2 is 1.96 bits per heavy atom. The lowest BCUT2D eigenvalue weighted by atomic mass is 9.84. The maximum Gasteiger partial charge on any atom is 0.227 e. The van der Waals surface area contributed by atoms with Gasteiger partial charge in [0.2, 0.25) is 5.91 Å². The van der Waals surface area contributed by atoms with Crippen molar-refractivity contribution in [1.29, 1.82) is 5.26 Å². The molecule has 1 aliphatic heterocycles. The Balaban J connectivity index is 2.00. The normalized spacial score (nSPS) is 16.3. The van der Waals surface area contributed by atoms with E-state index >= 15 is 0 Å². The highest BCUT2D eigenvalue weighted by Crippen LogP contribution is 2.41. The maximum absolute atomic E-state index is 12.8. The molecule has 2 aromatic rings. The second-order valence-electron chi connectivity index (χ2n) is 6.61. The number of hydrogen-bond acceptors (Lipinski definition) is 3. The SMILES string of the molecule is COc1ccc(CN2C(=O)C[C@@H](CC#N)c3cc(C)cc(C)c32)cc1. The zero-order chi connectivity index (χ0) is 18.0. The zero-order valence-corrected chi connectivity index (χ0v) is 14.9. The molecule has 4 nitrogen and oxygen atoms in total. The molecule has 0 saturated heterocycles. The van der Waals surface area contributed by atoms with E-state index in [-0.39, 0.29) is 11.8 Å². The number of rotatable bonds is 4. The summed E-state index contributed by atoms with van der Waals surface area (Å²) in [7, 11) is 1.64. The van der Waals surface area contributed by atoms with Crippen molar-refractivity contribution in [2.45, 2.75) is 39.2 Å². The molecule has 1 atom stereocenters. The minimum atomic E-state index is -0.0155. The average molecular weight is 334 g/mol. The number of nitrogens with zero attached hydrogens (tertiary/aromatic N) is 2. The van der Waals surface area contributed by atoms with E-state index in [0.29, 0.717) is 19.4 Å². The predicted molar refractivity (Wildman–Crippen MR) is 97.7 cm³/mol. The minimum absolute atomic E-state index is 0.0155. The first-order valence-electron chi connectivity index (χ1n) is 8.45. The van der Waals surface area contributed by atoms with Crippen LogP contribution in [0.1, 0.15) is 41.0 Å². The minimum Gasteiger partial charge on any atom is -0.497 e. The van der Waals surface area contributed by atoms with Gasteiger partial charge in [-0.25, -0.2) is 0 Å². The van der Waals surface area contributed by atoms with Gasteiger partial charge in [0.1, 0.15) is 5.75 Å². The monoisotopic (exact) mass is 334 g/mol. The summed E-state index contributed by atoms with van der Waals surface area (Å²) in [5.41, 5.74) is 5.39. The lowest BCUT2D eigenvalue weighted by Gasteiger charge is -2.35. The van der Waals surface area contributed by atoms with Crippen LogP contribution in [0.15, 0.2) is 36.4 Å². The number of amides is 1. The molecule has 0 radical (unpaired) electrons. The first-order valence-corrected chi connectivity index (χ1v) is 8.45. The van der Waals surface area contributed by atoms with Crippen LogP contribution in [0.4, 0.5) is 5.69 Å². The molecule has 2 aromatic carbocycles. The van der Waals surface area contributed by atoms with Gasteiger partial charge in [0.15, 0.2) is 0 Å². The summed E-state index contributed by atoms with van der Waals surface area (Å²) in [6.45, 7) is 4.62. The van der Waals surface area contributed by atoms with E-state index in [2.05, 4.69) is 25.1 Å². The maximum atomic E-state index is 12.8. The van der Waals surface area contributed by atoms with E-state index in [9.17, 15) is 4.79 Å². The van der Waals surface area contributed by atoms with E-state index in [4.69, 9.17) is 10.00 Å². The summed E-state index contributed by atoms with van der Waals surface area (Å²) < 4.78 is 5.20. The first kappa shape index (κ1) is 17.0. The Bertz CT molecular complexity index is 834. The smallest absolute Gasteiger partial charge is 0.227 e. The van der Waals surface area contributed by atoms with Gasteiger partial charge >= 0.3 is 0 Å². The largest absolute Gasteiger partial charge is 0.497 e. The van der Waals surface area contributed by atoms with Crippen molar-refractivity contribution in [2.75, 3.05) is 12.0 Å². The van der Waals surface area contributed by atoms with Crippen molar-refractivity contribution < 1.29 is 9.53 Å². The van der Waals surface area contributed by atoms with Gasteiger partial charge < -0.3 is 9.64 Å². The molecule has 0 bridgehead atoms. The summed E-state index contributed by atoms with van der Waals surface area (Å²) in [6.07, 6.45) is 0.762. The fourth-order valence-corrected chi connectivity index (χ4v) is 3.60. The Kier molecular flexibility index (Phi) is 4.76. The van der Waals surface area contributed by atoms with Gasteiger partial charge in [0.25, 0.3) is 0 Å². The number of ether oxygens (including phenoxy) is 1. The third kappa shape index (κ3) is 3.36. The second-order valence-corrected chi connectivity index (χ2v) is 6.61. The van der Waals surface area contributed by atoms with Crippen LogP contribution < -0.4 is 9.64 Å². The first-order chi connectivity index (χ1) is 12.0. The van der Waals surface area contributed by atoms with E-state index in [1.165, 1.54) is 0 Å². The molecule has 4 heteroatoms. The lowest BCUT2D eigenvalue weighted by Crippen LogP contribution is -2.37. The van der Waals surface area contributed by atoms with Crippen LogP contribution in [0.3, 0.4) is 0 Å². The number of benzene rings is 2. The van der Waals surface area contributed by atoms with Crippen molar-refractivity contribution in [3.63, 3.8) is 0 Å². The number of carbonyl (C=O) groups is 1. The van der Waals surface area contributed by atoms with Crippen LogP contribution in [0.5, 0.6) is 5.75 Å². The molecule has 0 unspecified atom stereocenters. The molecule has 3 rings (SSSR count). The standard InChI is InChI=1S/C21H22N2O2/c1-14-10-15(2)21-19(11-14)17(8-9-22)12-20(24)23(21)13-16-4-6-18(25-3)7-5-16/h4-7,10-11,17H,8,12-13H2,1-3H3/t17-/m1/s1. The van der Waals surface area contributed by atoms with Crippen LogP contribution in [-0.4, -0.2) is 13.0 Å². The van der Waals surface area contributed by atoms with Crippen LogP contribution in [0, 0.1) is 25.2 Å². The van der Waals surface area contributed by atoms with Crippen molar-refractivity contribution in [1.82, 2.24) is 0 Å². The van der Waals surface area contributed by atoms with Crippen LogP contribution in [0.25, 0.3) is 0 Å². The van der Waals surface area contributed by atoms with Gasteiger partial charge in [0.05, 0.1) is 25.4 Å². The van der Waals surface area contributed by atoms with Gasteiger partial charge in [-0.05, 0) is 42.7 Å². The molecule has 128 valence electrons. The zero-order valence-electron chi connectivity index (χ0n) is 14.9. The fraction of sp³-hybridized carbons (Fsp3) is 0.333. The fourth-order valence-electron chi connectivity index (χ4n) is 3.60. The predicted octanol–water partition coefficient (Wildman–Crippen LogP) is 4.25. The van der Waals surface area contributed by atoms with Gasteiger partial charge in [-0.15, -0.1) is 0 Å². The van der Waals surface area contributed by atoms with Crippen LogP contribution >= 0.6 is 0 Å². The highest BCUT2D eigenvalue weighted by atomic mass is 16.5. The number of anilines is 1. The number of methoxy groups -OCH3 is 1. The molecule has 0 aromatic heterocycles. The molecule has 0 aliphatic carbocycles. The van der Waals surface area contributed by atoms with E-state index in [1.807, 2.05) is 36.1 Å². The molecule has 1 aliphatic rings. The molecule has 0 N–H and O–H groups in total. The number of fused-ring (bicyclic) bond motifs is 1. The lowest BCUT2D eigenvalue weighted by molar-refractivity contribution is -0.119. The van der Waals surface area contributed by atoms with Crippen LogP contribution in [-0.2, 0) is 11.3 Å². The quantitative estimate of drug-likeness (QED) is 0.840. The van der Waals surface area contributed by atoms with Crippen molar-refractivity contribution in [3.8, 4) is 11.8 Å². The van der Waals surface area contributed by atoms with Crippen LogP contribution in [0.2, 0.25) is 0 Å². The molecule has 1 heterocycles. The van der Waals surface area contributed by atoms with Gasteiger partial charge in [0, 0.05) is 18.8 Å². The Hall–Kier alpha value is -2.80.